The number of nitrogen functional groups attached to an aromatic ring is 1. The number of carbonyl (C=O) groups excluding carboxylic acids is 1. The monoisotopic (exact) mass is 241 g/mol. The van der Waals surface area contributed by atoms with Crippen molar-refractivity contribution in [2.45, 2.75) is 32.9 Å². The lowest BCUT2D eigenvalue weighted by Crippen LogP contribution is -2.32. The average Bonchev–Trinajstić information content (AvgIpc) is 2.60. The van der Waals surface area contributed by atoms with E-state index in [-0.39, 0.29) is 24.1 Å². The van der Waals surface area contributed by atoms with E-state index in [0.29, 0.717) is 0 Å². The number of nitrogens with two attached hydrogens (primary N) is 1. The van der Waals surface area contributed by atoms with E-state index in [0.717, 1.165) is 0 Å². The molecule has 0 spiro atoms. The van der Waals surface area contributed by atoms with Crippen LogP contribution in [0, 0.1) is 5.41 Å². The Hall–Kier alpha value is -2.12. The Morgan fingerprint density at radius 3 is 2.71 bits per heavy atom. The molecular formula is C9H15N5O3. The summed E-state index contributed by atoms with van der Waals surface area (Å²) in [5, 5.41) is 12.9. The van der Waals surface area contributed by atoms with Crippen LogP contribution >= 0.6 is 0 Å². The van der Waals surface area contributed by atoms with Crippen LogP contribution in [0.4, 0.5) is 4.79 Å². The minimum atomic E-state index is -0.583. The molecule has 0 fully saturated rings. The van der Waals surface area contributed by atoms with E-state index < -0.39 is 11.7 Å². The summed E-state index contributed by atoms with van der Waals surface area (Å²) in [5.74, 6) is -0.149. The fourth-order valence-corrected chi connectivity index (χ4v) is 0.898. The molecule has 8 nitrogen and oxygen atoms in total. The van der Waals surface area contributed by atoms with Crippen LogP contribution in [0.25, 0.3) is 0 Å². The number of ether oxygens (including phenoxy) is 1. The van der Waals surface area contributed by atoms with Gasteiger partial charge >= 0.3 is 6.09 Å². The van der Waals surface area contributed by atoms with Gasteiger partial charge in [-0.2, -0.15) is 4.98 Å². The smallest absolute Gasteiger partial charge is 0.408 e. The van der Waals surface area contributed by atoms with Crippen molar-refractivity contribution in [3.63, 3.8) is 0 Å². The van der Waals surface area contributed by atoms with Crippen LogP contribution in [0.5, 0.6) is 0 Å². The SMILES string of the molecule is CC(C)(C)OC(=O)NCc1nc(C(=N)N)no1. The highest BCUT2D eigenvalue weighted by atomic mass is 16.6. The molecule has 8 heteroatoms. The number of alkyl carbamates (subject to hydrolysis) is 1. The molecule has 0 aliphatic carbocycles. The standard InChI is InChI=1S/C9H15N5O3/c1-9(2,3)16-8(15)12-4-5-13-7(6(10)11)14-17-5/h4H2,1-3H3,(H3,10,11)(H,12,15). The van der Waals surface area contributed by atoms with Gasteiger partial charge in [-0.3, -0.25) is 5.41 Å². The third-order valence-electron chi connectivity index (χ3n) is 1.49. The van der Waals surface area contributed by atoms with Crippen molar-refractivity contribution in [1.82, 2.24) is 15.5 Å². The Balaban J connectivity index is 2.45. The lowest BCUT2D eigenvalue weighted by Gasteiger charge is -2.19. The number of carbonyl (C=O) groups is 1. The molecule has 0 atom stereocenters. The molecule has 1 aromatic heterocycles. The number of amides is 1. The van der Waals surface area contributed by atoms with Gasteiger partial charge in [0.25, 0.3) is 0 Å². The van der Waals surface area contributed by atoms with E-state index in [2.05, 4.69) is 15.5 Å². The maximum atomic E-state index is 11.3. The first-order valence-electron chi connectivity index (χ1n) is 4.92. The van der Waals surface area contributed by atoms with Crippen LogP contribution in [-0.2, 0) is 11.3 Å². The lowest BCUT2D eigenvalue weighted by atomic mass is 10.2. The molecule has 0 radical (unpaired) electrons. The van der Waals surface area contributed by atoms with Gasteiger partial charge in [0, 0.05) is 0 Å². The van der Waals surface area contributed by atoms with Gasteiger partial charge in [0.2, 0.25) is 11.7 Å². The highest BCUT2D eigenvalue weighted by Crippen LogP contribution is 2.06. The predicted octanol–water partition coefficient (Wildman–Crippen LogP) is 0.378. The van der Waals surface area contributed by atoms with Gasteiger partial charge in [0.15, 0.2) is 5.84 Å². The van der Waals surface area contributed by atoms with E-state index in [1.54, 1.807) is 20.8 Å². The van der Waals surface area contributed by atoms with E-state index in [4.69, 9.17) is 20.4 Å². The second-order valence-corrected chi connectivity index (χ2v) is 4.28. The average molecular weight is 241 g/mol. The first-order valence-corrected chi connectivity index (χ1v) is 4.92. The first kappa shape index (κ1) is 12.9. The number of rotatable bonds is 3. The third-order valence-corrected chi connectivity index (χ3v) is 1.49. The molecule has 0 saturated carbocycles. The van der Waals surface area contributed by atoms with Crippen LogP contribution in [0.1, 0.15) is 32.5 Å². The third kappa shape index (κ3) is 4.49. The highest BCUT2D eigenvalue weighted by Gasteiger charge is 2.16. The number of amidine groups is 1. The number of aromatic nitrogens is 2. The summed E-state index contributed by atoms with van der Waals surface area (Å²) in [5.41, 5.74) is 4.59. The van der Waals surface area contributed by atoms with Crippen LogP contribution in [0.2, 0.25) is 0 Å². The van der Waals surface area contributed by atoms with Gasteiger partial charge in [-0.05, 0) is 20.8 Å². The summed E-state index contributed by atoms with van der Waals surface area (Å²) in [7, 11) is 0. The van der Waals surface area contributed by atoms with Gasteiger partial charge < -0.3 is 20.3 Å². The summed E-state index contributed by atoms with van der Waals surface area (Å²) >= 11 is 0. The zero-order chi connectivity index (χ0) is 13.1. The van der Waals surface area contributed by atoms with Gasteiger partial charge in [-0.1, -0.05) is 5.16 Å². The summed E-state index contributed by atoms with van der Waals surface area (Å²) in [6.45, 7) is 5.29. The molecule has 0 aliphatic heterocycles. The molecule has 0 bridgehead atoms. The van der Waals surface area contributed by atoms with Crippen molar-refractivity contribution in [1.29, 1.82) is 5.41 Å². The van der Waals surface area contributed by atoms with Crippen LogP contribution in [0.15, 0.2) is 4.52 Å². The quantitative estimate of drug-likeness (QED) is 0.518. The van der Waals surface area contributed by atoms with Gasteiger partial charge in [-0.25, -0.2) is 4.79 Å². The van der Waals surface area contributed by atoms with E-state index in [9.17, 15) is 4.79 Å². The Bertz CT molecular complexity index is 421. The fraction of sp³-hybridized carbons (Fsp3) is 0.556. The molecule has 0 saturated heterocycles. The number of hydrogen-bond acceptors (Lipinski definition) is 6. The van der Waals surface area contributed by atoms with Crippen LogP contribution in [-0.4, -0.2) is 27.7 Å². The zero-order valence-electron chi connectivity index (χ0n) is 9.90. The van der Waals surface area contributed by atoms with Crippen LogP contribution in [0.3, 0.4) is 0 Å². The maximum absolute atomic E-state index is 11.3. The van der Waals surface area contributed by atoms with E-state index >= 15 is 0 Å². The summed E-state index contributed by atoms with van der Waals surface area (Å²) in [4.78, 5) is 15.1. The summed E-state index contributed by atoms with van der Waals surface area (Å²) in [6.07, 6.45) is -0.583. The number of nitrogens with one attached hydrogen (secondary N) is 2. The van der Waals surface area contributed by atoms with Crippen molar-refractivity contribution in [2.75, 3.05) is 0 Å². The molecule has 1 rings (SSSR count). The normalized spacial score (nSPS) is 11.0. The summed E-state index contributed by atoms with van der Waals surface area (Å²) < 4.78 is 9.76. The van der Waals surface area contributed by atoms with Crippen molar-refractivity contribution >= 4 is 11.9 Å². The van der Waals surface area contributed by atoms with Crippen molar-refractivity contribution in [3.05, 3.63) is 11.7 Å². The zero-order valence-corrected chi connectivity index (χ0v) is 9.90. The minimum absolute atomic E-state index is 0.00834. The van der Waals surface area contributed by atoms with Crippen molar-refractivity contribution < 1.29 is 14.1 Å². The minimum Gasteiger partial charge on any atom is -0.444 e. The van der Waals surface area contributed by atoms with E-state index in [1.165, 1.54) is 0 Å². The number of nitrogens with zero attached hydrogens (tertiary/aromatic N) is 2. The highest BCUT2D eigenvalue weighted by molar-refractivity contribution is 5.90. The molecule has 17 heavy (non-hydrogen) atoms. The molecule has 0 unspecified atom stereocenters. The molecular weight excluding hydrogens is 226 g/mol. The molecule has 0 aromatic carbocycles. The largest absolute Gasteiger partial charge is 0.444 e. The molecule has 1 amide bonds. The Morgan fingerprint density at radius 1 is 1.59 bits per heavy atom. The van der Waals surface area contributed by atoms with Crippen molar-refractivity contribution in [3.8, 4) is 0 Å². The van der Waals surface area contributed by atoms with Crippen LogP contribution < -0.4 is 11.1 Å². The Labute approximate surface area is 98.0 Å². The number of hydrogen-bond donors (Lipinski definition) is 3. The first-order chi connectivity index (χ1) is 7.78. The Kier molecular flexibility index (Phi) is 3.66. The van der Waals surface area contributed by atoms with E-state index in [1.807, 2.05) is 0 Å². The van der Waals surface area contributed by atoms with Gasteiger partial charge in [0.05, 0.1) is 0 Å². The topological polar surface area (TPSA) is 127 Å². The van der Waals surface area contributed by atoms with Gasteiger partial charge in [0.1, 0.15) is 12.1 Å². The second kappa shape index (κ2) is 4.81. The lowest BCUT2D eigenvalue weighted by molar-refractivity contribution is 0.0518. The predicted molar refractivity (Wildman–Crippen MR) is 58.4 cm³/mol. The van der Waals surface area contributed by atoms with Crippen molar-refractivity contribution in [2.24, 2.45) is 5.73 Å². The second-order valence-electron chi connectivity index (χ2n) is 4.28. The van der Waals surface area contributed by atoms with Gasteiger partial charge in [-0.15, -0.1) is 0 Å². The molecule has 1 heterocycles. The molecule has 1 aromatic rings. The summed E-state index contributed by atoms with van der Waals surface area (Å²) in [6, 6.07) is 0. The molecule has 4 N–H and O–H groups in total. The molecule has 0 aliphatic rings. The fourth-order valence-electron chi connectivity index (χ4n) is 0.898. The molecule has 94 valence electrons. The maximum Gasteiger partial charge on any atom is 0.408 e. The Morgan fingerprint density at radius 2 is 2.24 bits per heavy atom.